The lowest BCUT2D eigenvalue weighted by molar-refractivity contribution is -0.155. The molecule has 4 nitrogen and oxygen atoms in total. The van der Waals surface area contributed by atoms with Crippen LogP contribution in [0.3, 0.4) is 0 Å². The van der Waals surface area contributed by atoms with Gasteiger partial charge in [-0.2, -0.15) is 13.2 Å². The van der Waals surface area contributed by atoms with Gasteiger partial charge in [-0.05, 0) is 30.9 Å². The molecule has 1 amide bonds. The summed E-state index contributed by atoms with van der Waals surface area (Å²) in [6.45, 7) is 1.15. The fourth-order valence-corrected chi connectivity index (χ4v) is 3.53. The molecule has 1 heterocycles. The van der Waals surface area contributed by atoms with Crippen LogP contribution in [-0.4, -0.2) is 37.0 Å². The van der Waals surface area contributed by atoms with Crippen molar-refractivity contribution in [1.29, 1.82) is 0 Å². The second-order valence-corrected chi connectivity index (χ2v) is 6.34. The van der Waals surface area contributed by atoms with Gasteiger partial charge in [-0.25, -0.2) is 0 Å². The summed E-state index contributed by atoms with van der Waals surface area (Å²) in [5.74, 6) is -1.56. The molecule has 2 aliphatic rings. The van der Waals surface area contributed by atoms with Crippen molar-refractivity contribution in [2.45, 2.75) is 31.4 Å². The Bertz CT molecular complexity index is 667. The first-order valence-corrected chi connectivity index (χ1v) is 7.85. The van der Waals surface area contributed by atoms with Crippen LogP contribution >= 0.6 is 0 Å². The molecule has 7 heteroatoms. The number of nitrogens with zero attached hydrogens (tertiary/aromatic N) is 1. The fraction of sp³-hybridized carbons (Fsp3) is 0.529. The first kappa shape index (κ1) is 16.8. The van der Waals surface area contributed by atoms with Crippen molar-refractivity contribution < 1.29 is 27.5 Å². The van der Waals surface area contributed by atoms with Crippen LogP contribution in [-0.2, 0) is 20.5 Å². The van der Waals surface area contributed by atoms with Crippen LogP contribution in [0.15, 0.2) is 24.3 Å². The summed E-state index contributed by atoms with van der Waals surface area (Å²) in [7, 11) is 1.20. The zero-order valence-electron chi connectivity index (χ0n) is 13.2. The molecule has 130 valence electrons. The summed E-state index contributed by atoms with van der Waals surface area (Å²) in [6.07, 6.45) is -2.53. The van der Waals surface area contributed by atoms with Gasteiger partial charge in [0.2, 0.25) is 5.91 Å². The number of ether oxygens (including phenoxy) is 1. The summed E-state index contributed by atoms with van der Waals surface area (Å²) >= 11 is 0. The third-order valence-electron chi connectivity index (χ3n) is 4.90. The molecule has 3 rings (SSSR count). The second-order valence-electron chi connectivity index (χ2n) is 6.34. The van der Waals surface area contributed by atoms with Gasteiger partial charge < -0.3 is 9.64 Å². The monoisotopic (exact) mass is 341 g/mol. The van der Waals surface area contributed by atoms with Crippen molar-refractivity contribution in [2.75, 3.05) is 20.2 Å². The molecule has 1 aromatic carbocycles. The molecule has 1 aliphatic heterocycles. The van der Waals surface area contributed by atoms with Gasteiger partial charge in [0.25, 0.3) is 0 Å². The van der Waals surface area contributed by atoms with E-state index in [-0.39, 0.29) is 12.3 Å². The van der Waals surface area contributed by atoms with Crippen molar-refractivity contribution in [3.63, 3.8) is 0 Å². The molecule has 1 aliphatic carbocycles. The molecule has 1 saturated carbocycles. The number of benzene rings is 1. The highest BCUT2D eigenvalue weighted by Gasteiger charge is 2.68. The van der Waals surface area contributed by atoms with E-state index in [1.165, 1.54) is 19.2 Å². The van der Waals surface area contributed by atoms with Crippen molar-refractivity contribution in [2.24, 2.45) is 5.41 Å². The highest BCUT2D eigenvalue weighted by Crippen LogP contribution is 2.61. The van der Waals surface area contributed by atoms with Gasteiger partial charge >= 0.3 is 12.1 Å². The smallest absolute Gasteiger partial charge is 0.416 e. The van der Waals surface area contributed by atoms with Gasteiger partial charge in [-0.1, -0.05) is 18.2 Å². The lowest BCUT2D eigenvalue weighted by atomic mass is 9.96. The van der Waals surface area contributed by atoms with E-state index in [1.807, 2.05) is 0 Å². The number of esters is 1. The number of methoxy groups -OCH3 is 1. The molecule has 1 saturated heterocycles. The number of amides is 1. The molecule has 0 spiro atoms. The molecule has 0 radical (unpaired) electrons. The normalized spacial score (nSPS) is 26.3. The summed E-state index contributed by atoms with van der Waals surface area (Å²) in [6, 6.07) is 4.83. The Morgan fingerprint density at radius 1 is 1.25 bits per heavy atom. The molecule has 0 bridgehead atoms. The first-order valence-electron chi connectivity index (χ1n) is 7.85. The average Bonchev–Trinajstić information content (AvgIpc) is 3.08. The number of hydrogen-bond acceptors (Lipinski definition) is 3. The zero-order valence-corrected chi connectivity index (χ0v) is 13.2. The number of halogens is 3. The van der Waals surface area contributed by atoms with Gasteiger partial charge in [-0.15, -0.1) is 0 Å². The Balaban J connectivity index is 1.92. The standard InChI is InChI=1S/C17H18F3NO3/c1-24-15(23)16(14(22)21-7-2-3-8-21)10-13(16)11-5-4-6-12(9-11)17(18,19)20/h4-6,9,13H,2-3,7-8,10H2,1H3/t13-,16-/m1/s1. The maximum Gasteiger partial charge on any atom is 0.416 e. The highest BCUT2D eigenvalue weighted by atomic mass is 19.4. The van der Waals surface area contributed by atoms with Crippen LogP contribution in [0.4, 0.5) is 13.2 Å². The maximum absolute atomic E-state index is 12.9. The number of hydrogen-bond donors (Lipinski definition) is 0. The number of carbonyl (C=O) groups is 2. The van der Waals surface area contributed by atoms with Gasteiger partial charge in [0.05, 0.1) is 12.7 Å². The number of carbonyl (C=O) groups excluding carboxylic acids is 2. The Morgan fingerprint density at radius 2 is 1.92 bits per heavy atom. The SMILES string of the molecule is COC(=O)[C@]1(C(=O)N2CCCC2)C[C@@H]1c1cccc(C(F)(F)F)c1. The topological polar surface area (TPSA) is 46.6 Å². The summed E-state index contributed by atoms with van der Waals surface area (Å²) in [5.41, 5.74) is -1.80. The minimum Gasteiger partial charge on any atom is -0.468 e. The summed E-state index contributed by atoms with van der Waals surface area (Å²) in [4.78, 5) is 26.7. The second kappa shape index (κ2) is 5.79. The summed E-state index contributed by atoms with van der Waals surface area (Å²) < 4.78 is 43.5. The fourth-order valence-electron chi connectivity index (χ4n) is 3.53. The third kappa shape index (κ3) is 2.65. The minimum absolute atomic E-state index is 0.191. The quantitative estimate of drug-likeness (QED) is 0.627. The van der Waals surface area contributed by atoms with Crippen LogP contribution in [0.2, 0.25) is 0 Å². The minimum atomic E-state index is -4.46. The first-order chi connectivity index (χ1) is 11.3. The van der Waals surface area contributed by atoms with Crippen LogP contribution in [0.1, 0.15) is 36.3 Å². The summed E-state index contributed by atoms with van der Waals surface area (Å²) in [5, 5.41) is 0. The van der Waals surface area contributed by atoms with E-state index in [2.05, 4.69) is 0 Å². The van der Waals surface area contributed by atoms with Crippen LogP contribution in [0.5, 0.6) is 0 Å². The van der Waals surface area contributed by atoms with Crippen molar-refractivity contribution in [3.05, 3.63) is 35.4 Å². The third-order valence-corrected chi connectivity index (χ3v) is 4.90. The molecule has 24 heavy (non-hydrogen) atoms. The number of likely N-dealkylation sites (tertiary alicyclic amines) is 1. The Kier molecular flexibility index (Phi) is 4.05. The van der Waals surface area contributed by atoms with E-state index < -0.39 is 29.0 Å². The van der Waals surface area contributed by atoms with Crippen molar-refractivity contribution in [3.8, 4) is 0 Å². The van der Waals surface area contributed by atoms with Crippen molar-refractivity contribution in [1.82, 2.24) is 4.90 Å². The predicted octanol–water partition coefficient (Wildman–Crippen LogP) is 2.97. The van der Waals surface area contributed by atoms with Gasteiger partial charge in [0.1, 0.15) is 0 Å². The zero-order chi connectivity index (χ0) is 17.5. The maximum atomic E-state index is 12.9. The molecular formula is C17H18F3NO3. The van der Waals surface area contributed by atoms with Crippen LogP contribution in [0.25, 0.3) is 0 Å². The lowest BCUT2D eigenvalue weighted by Gasteiger charge is -2.22. The van der Waals surface area contributed by atoms with Crippen LogP contribution < -0.4 is 0 Å². The van der Waals surface area contributed by atoms with Crippen molar-refractivity contribution >= 4 is 11.9 Å². The van der Waals surface area contributed by atoms with E-state index >= 15 is 0 Å². The Hall–Kier alpha value is -2.05. The van der Waals surface area contributed by atoms with Gasteiger partial charge in [-0.3, -0.25) is 9.59 Å². The molecular weight excluding hydrogens is 323 g/mol. The van der Waals surface area contributed by atoms with E-state index in [0.717, 1.165) is 25.0 Å². The lowest BCUT2D eigenvalue weighted by Crippen LogP contribution is -2.40. The molecule has 0 unspecified atom stereocenters. The predicted molar refractivity (Wildman–Crippen MR) is 79.1 cm³/mol. The van der Waals surface area contributed by atoms with Crippen LogP contribution in [0, 0.1) is 5.41 Å². The van der Waals surface area contributed by atoms with Gasteiger partial charge in [0, 0.05) is 19.0 Å². The number of rotatable bonds is 3. The highest BCUT2D eigenvalue weighted by molar-refractivity contribution is 6.07. The van der Waals surface area contributed by atoms with E-state index in [9.17, 15) is 22.8 Å². The number of alkyl halides is 3. The molecule has 0 aromatic heterocycles. The molecule has 1 aromatic rings. The molecule has 2 fully saturated rings. The molecule has 2 atom stereocenters. The van der Waals surface area contributed by atoms with E-state index in [4.69, 9.17) is 4.74 Å². The molecule has 0 N–H and O–H groups in total. The Labute approximate surface area is 137 Å². The van der Waals surface area contributed by atoms with E-state index in [1.54, 1.807) is 4.90 Å². The largest absolute Gasteiger partial charge is 0.468 e. The Morgan fingerprint density at radius 3 is 2.50 bits per heavy atom. The average molecular weight is 341 g/mol. The van der Waals surface area contributed by atoms with E-state index in [0.29, 0.717) is 18.7 Å². The van der Waals surface area contributed by atoms with Gasteiger partial charge in [0.15, 0.2) is 5.41 Å².